The fourth-order valence-corrected chi connectivity index (χ4v) is 10.6. The molecule has 1 unspecified atom stereocenters. The van der Waals surface area contributed by atoms with Crippen molar-refractivity contribution < 1.29 is 101 Å². The van der Waals surface area contributed by atoms with E-state index in [1.54, 1.807) is 6.92 Å². The zero-order chi connectivity index (χ0) is 44.3. The van der Waals surface area contributed by atoms with Crippen LogP contribution in [0.25, 0.3) is 0 Å². The van der Waals surface area contributed by atoms with Gasteiger partial charge in [-0.05, 0) is 77.6 Å². The standard InChI is InChI=1S/C45H72BO15.Na/c1-25(2)23-37(49)53-28(5)31-16-12-11-13-17-33(47)42(7,8)35-21-19-27(4)45(56-35)39-41(51)55-32-24-30(52-29(32)6)15-14-18-34(48)43(9,10)36-22-20-26(3)44(57-36)38(40(50)54-31)58-46(59-39,60-44)61-45;/h11-12,25-36,38-39,47-48H,13-24H2,1-10H3;/q-1;+1/b12-11-;/t26-,27-,28-,29-,30-,31+,32+,33+,34-,35+,36+,38+,39+,44+,45+,46?;/m1./s1. The van der Waals surface area contributed by atoms with Crippen LogP contribution in [0.5, 0.6) is 0 Å². The van der Waals surface area contributed by atoms with E-state index < -0.39 is 120 Å². The van der Waals surface area contributed by atoms with Gasteiger partial charge in [0.1, 0.15) is 18.3 Å². The van der Waals surface area contributed by atoms with Crippen molar-refractivity contribution in [2.75, 3.05) is 0 Å². The van der Waals surface area contributed by atoms with Crippen LogP contribution in [0.4, 0.5) is 0 Å². The number of rotatable bonds is 4. The summed E-state index contributed by atoms with van der Waals surface area (Å²) in [4.78, 5) is 42.7. The Bertz CT molecular complexity index is 1650. The molecule has 0 saturated carbocycles. The molecule has 0 aromatic rings. The smallest absolute Gasteiger partial charge is 0.504 e. The Hall–Kier alpha value is -1.15. The average Bonchev–Trinajstić information content (AvgIpc) is 3.81. The molecular formula is C45H72BNaO15. The molecule has 0 aromatic carbocycles. The van der Waals surface area contributed by atoms with E-state index in [4.69, 9.17) is 47.0 Å². The maximum atomic E-state index is 15.0. The first-order valence-electron chi connectivity index (χ1n) is 23.1. The fraction of sp³-hybridized carbons (Fsp3) is 0.889. The van der Waals surface area contributed by atoms with Gasteiger partial charge in [0.2, 0.25) is 0 Å². The Morgan fingerprint density at radius 1 is 0.790 bits per heavy atom. The predicted molar refractivity (Wildman–Crippen MR) is 220 cm³/mol. The number of cyclic esters (lactones) is 1. The summed E-state index contributed by atoms with van der Waals surface area (Å²) in [6, 6.07) is 0. The van der Waals surface area contributed by atoms with Gasteiger partial charge in [-0.25, -0.2) is 9.59 Å². The van der Waals surface area contributed by atoms with E-state index in [9.17, 15) is 24.6 Å². The molecule has 3 spiro atoms. The Morgan fingerprint density at radius 3 is 1.90 bits per heavy atom. The van der Waals surface area contributed by atoms with Crippen molar-refractivity contribution in [1.29, 1.82) is 0 Å². The van der Waals surface area contributed by atoms with Crippen LogP contribution in [-0.4, -0.2) is 114 Å². The van der Waals surface area contributed by atoms with Crippen molar-refractivity contribution in [3.8, 4) is 0 Å². The molecule has 0 amide bonds. The number of aliphatic hydroxyl groups excluding tert-OH is 2. The van der Waals surface area contributed by atoms with Crippen LogP contribution in [0.3, 0.4) is 0 Å². The second kappa shape index (κ2) is 19.2. The van der Waals surface area contributed by atoms with Gasteiger partial charge in [0.15, 0.2) is 23.8 Å². The van der Waals surface area contributed by atoms with Crippen molar-refractivity contribution in [2.24, 2.45) is 28.6 Å². The third kappa shape index (κ3) is 9.65. The number of allylic oxidation sites excluding steroid dienone is 1. The first-order chi connectivity index (χ1) is 28.6. The largest absolute Gasteiger partial charge is 1.00 e. The van der Waals surface area contributed by atoms with Crippen LogP contribution in [-0.2, 0) is 61.4 Å². The first-order valence-corrected chi connectivity index (χ1v) is 23.1. The summed E-state index contributed by atoms with van der Waals surface area (Å²) < 4.78 is 66.0. The second-order valence-electron chi connectivity index (χ2n) is 20.8. The van der Waals surface area contributed by atoms with Crippen LogP contribution in [0.2, 0.25) is 0 Å². The molecule has 7 heterocycles. The summed E-state index contributed by atoms with van der Waals surface area (Å²) in [5, 5.41) is 23.6. The number of esters is 3. The zero-order valence-electron chi connectivity index (χ0n) is 39.0. The molecule has 62 heavy (non-hydrogen) atoms. The quantitative estimate of drug-likeness (QED) is 0.182. The molecule has 15 nitrogen and oxygen atoms in total. The van der Waals surface area contributed by atoms with Gasteiger partial charge in [0, 0.05) is 41.9 Å². The molecular weight excluding hydrogens is 814 g/mol. The van der Waals surface area contributed by atoms with Gasteiger partial charge in [0.25, 0.3) is 0 Å². The van der Waals surface area contributed by atoms with Gasteiger partial charge < -0.3 is 57.3 Å². The van der Waals surface area contributed by atoms with Gasteiger partial charge in [-0.15, -0.1) is 0 Å². The zero-order valence-corrected chi connectivity index (χ0v) is 41.0. The van der Waals surface area contributed by atoms with E-state index in [-0.39, 0.29) is 54.4 Å². The van der Waals surface area contributed by atoms with Crippen LogP contribution < -0.4 is 29.6 Å². The van der Waals surface area contributed by atoms with E-state index in [0.29, 0.717) is 64.2 Å². The molecule has 7 aliphatic heterocycles. The van der Waals surface area contributed by atoms with Crippen LogP contribution in [0.1, 0.15) is 146 Å². The number of ether oxygens (including phenoxy) is 6. The van der Waals surface area contributed by atoms with Crippen LogP contribution >= 0.6 is 0 Å². The molecule has 2 N–H and O–H groups in total. The number of fused-ring (bicyclic) bond motifs is 6. The molecule has 7 aliphatic rings. The topological polar surface area (TPSA) is 184 Å². The number of hydrogen-bond acceptors (Lipinski definition) is 15. The second-order valence-corrected chi connectivity index (χ2v) is 20.8. The molecule has 17 heteroatoms. The van der Waals surface area contributed by atoms with Crippen LogP contribution in [0, 0.1) is 28.6 Å². The summed E-state index contributed by atoms with van der Waals surface area (Å²) >= 11 is 0. The summed E-state index contributed by atoms with van der Waals surface area (Å²) in [6.07, 6.45) is 0.342. The van der Waals surface area contributed by atoms with Crippen molar-refractivity contribution in [2.45, 2.75) is 225 Å². The average molecular weight is 887 g/mol. The molecule has 7 rings (SSSR count). The third-order valence-electron chi connectivity index (χ3n) is 15.1. The monoisotopic (exact) mass is 886 g/mol. The summed E-state index contributed by atoms with van der Waals surface area (Å²) in [5.74, 6) is -6.72. The molecule has 9 bridgehead atoms. The third-order valence-corrected chi connectivity index (χ3v) is 15.1. The molecule has 346 valence electrons. The summed E-state index contributed by atoms with van der Waals surface area (Å²) in [5.41, 5.74) is -1.65. The van der Waals surface area contributed by atoms with Gasteiger partial charge in [-0.1, -0.05) is 67.5 Å². The Labute approximate surface area is 389 Å². The van der Waals surface area contributed by atoms with Gasteiger partial charge in [-0.3, -0.25) is 4.79 Å². The van der Waals surface area contributed by atoms with Gasteiger partial charge in [-0.2, -0.15) is 0 Å². The van der Waals surface area contributed by atoms with Crippen molar-refractivity contribution in [3.63, 3.8) is 0 Å². The van der Waals surface area contributed by atoms with Gasteiger partial charge in [0.05, 0.1) is 36.6 Å². The number of hydrogen-bond donors (Lipinski definition) is 2. The minimum Gasteiger partial charge on any atom is -0.504 e. The maximum Gasteiger partial charge on any atom is 1.00 e. The normalized spacial score (nSPS) is 45.6. The predicted octanol–water partition coefficient (Wildman–Crippen LogP) is 2.96. The Balaban J connectivity index is 0.00000641. The summed E-state index contributed by atoms with van der Waals surface area (Å²) in [7, 11) is 0. The van der Waals surface area contributed by atoms with Crippen LogP contribution in [0.15, 0.2) is 12.2 Å². The van der Waals surface area contributed by atoms with E-state index in [2.05, 4.69) is 0 Å². The summed E-state index contributed by atoms with van der Waals surface area (Å²) in [6.45, 7) is 15.4. The fourth-order valence-electron chi connectivity index (χ4n) is 10.6. The SMILES string of the molecule is CC(C)CC(=O)O[C@H](C)[C@@H]1C/C=C\CC[C@H](O)C(C)(C)[C@@H]2CC[C@@H](C)[C@]3(O2)O[B-]24O[C@@H](C(=O)O1)[C@@]1(O[C@@H](CC[C@H]1C)C(C)(C)[C@H](O)CCC[C@@H]1C[C@H](OC(=O)[C@@H]3O2)[C@@H](C)O1)O4.[Na+]. The van der Waals surface area contributed by atoms with E-state index in [1.165, 1.54) is 0 Å². The molecule has 0 aromatic heterocycles. The molecule has 6 fully saturated rings. The number of aliphatic hydroxyl groups is 2. The van der Waals surface area contributed by atoms with E-state index in [0.717, 1.165) is 0 Å². The maximum absolute atomic E-state index is 15.0. The minimum absolute atomic E-state index is 0. The number of carbonyl (C=O) groups excluding carboxylic acids is 3. The van der Waals surface area contributed by atoms with Crippen molar-refractivity contribution in [1.82, 2.24) is 0 Å². The molecule has 0 radical (unpaired) electrons. The first kappa shape index (κ1) is 50.3. The molecule has 0 aliphatic carbocycles. The van der Waals surface area contributed by atoms with Crippen molar-refractivity contribution >= 4 is 24.9 Å². The van der Waals surface area contributed by atoms with Gasteiger partial charge >= 0.3 is 54.4 Å². The van der Waals surface area contributed by atoms with Crippen molar-refractivity contribution in [3.05, 3.63) is 12.2 Å². The minimum atomic E-state index is -3.51. The molecule has 16 atom stereocenters. The Kier molecular flexibility index (Phi) is 15.6. The molecule has 6 saturated heterocycles. The van der Waals surface area contributed by atoms with E-state index in [1.807, 2.05) is 74.5 Å². The van der Waals surface area contributed by atoms with E-state index >= 15 is 0 Å². The number of carbonyl (C=O) groups is 3. The Morgan fingerprint density at radius 2 is 1.34 bits per heavy atom.